The topological polar surface area (TPSA) is 128 Å². The summed E-state index contributed by atoms with van der Waals surface area (Å²) < 4.78 is 48.8. The fourth-order valence-corrected chi connectivity index (χ4v) is 5.57. The van der Waals surface area contributed by atoms with Crippen LogP contribution in [0, 0.1) is 17.1 Å². The number of halogens is 2. The highest BCUT2D eigenvalue weighted by molar-refractivity contribution is 7.90. The molecule has 0 bridgehead atoms. The summed E-state index contributed by atoms with van der Waals surface area (Å²) in [5, 5.41) is 9.71. The van der Waals surface area contributed by atoms with E-state index in [9.17, 15) is 22.9 Å². The summed E-state index contributed by atoms with van der Waals surface area (Å²) in [7, 11) is -2.63. The highest BCUT2D eigenvalue weighted by Crippen LogP contribution is 2.38. The molecule has 1 aromatic heterocycles. The molecule has 216 valence electrons. The second-order valence-corrected chi connectivity index (χ2v) is 11.7. The van der Waals surface area contributed by atoms with Crippen LogP contribution in [0.25, 0.3) is 10.9 Å². The number of aromatic nitrogens is 2. The normalized spacial score (nSPS) is 12.4. The second kappa shape index (κ2) is 13.9. The molecular formula is C28H35ClFN5O4S. The van der Waals surface area contributed by atoms with Crippen molar-refractivity contribution in [3.8, 4) is 17.6 Å². The monoisotopic (exact) mass is 591 g/mol. The van der Waals surface area contributed by atoms with Crippen LogP contribution in [-0.2, 0) is 10.2 Å². The van der Waals surface area contributed by atoms with E-state index in [0.717, 1.165) is 42.1 Å². The first kappa shape index (κ1) is 31.3. The molecule has 0 spiro atoms. The summed E-state index contributed by atoms with van der Waals surface area (Å²) >= 11 is 6.54. The SMILES string of the molecule is CCCCCCCC(CC)c1nc2ccc(Oc3c(F)ccc(NS(=O)(=O)N(C)CC)c3C#N)c(Cl)c2c(=O)[nH]1. The minimum Gasteiger partial charge on any atom is -0.451 e. The van der Waals surface area contributed by atoms with Crippen LogP contribution in [-0.4, -0.2) is 36.3 Å². The molecule has 0 aliphatic carbocycles. The molecule has 2 N–H and O–H groups in total. The molecule has 2 aromatic carbocycles. The molecule has 3 aromatic rings. The number of fused-ring (bicyclic) bond motifs is 1. The maximum absolute atomic E-state index is 14.8. The lowest BCUT2D eigenvalue weighted by Crippen LogP contribution is -2.32. The Bertz CT molecular complexity index is 1560. The summed E-state index contributed by atoms with van der Waals surface area (Å²) in [4.78, 5) is 20.6. The van der Waals surface area contributed by atoms with Gasteiger partial charge in [0.05, 0.1) is 21.6 Å². The molecule has 0 saturated carbocycles. The number of nitrogens with zero attached hydrogens (tertiary/aromatic N) is 3. The number of H-pyrrole nitrogens is 1. The van der Waals surface area contributed by atoms with E-state index in [1.54, 1.807) is 19.1 Å². The summed E-state index contributed by atoms with van der Waals surface area (Å²) in [5.74, 6) is -0.836. The van der Waals surface area contributed by atoms with Crippen LogP contribution in [0.1, 0.15) is 83.0 Å². The Morgan fingerprint density at radius 2 is 1.90 bits per heavy atom. The Morgan fingerprint density at radius 3 is 2.55 bits per heavy atom. The summed E-state index contributed by atoms with van der Waals surface area (Å²) in [6, 6.07) is 6.89. The zero-order valence-electron chi connectivity index (χ0n) is 23.2. The van der Waals surface area contributed by atoms with Gasteiger partial charge in [0.2, 0.25) is 0 Å². The predicted molar refractivity (Wildman–Crippen MR) is 156 cm³/mol. The van der Waals surface area contributed by atoms with Crippen molar-refractivity contribution in [3.05, 3.63) is 56.8 Å². The van der Waals surface area contributed by atoms with Crippen molar-refractivity contribution < 1.29 is 17.5 Å². The number of unbranched alkanes of at least 4 members (excludes halogenated alkanes) is 4. The number of anilines is 1. The van der Waals surface area contributed by atoms with Crippen molar-refractivity contribution in [2.75, 3.05) is 18.3 Å². The van der Waals surface area contributed by atoms with E-state index >= 15 is 0 Å². The third-order valence-corrected chi connectivity index (χ3v) is 8.79. The molecule has 1 heterocycles. The number of ether oxygens (including phenoxy) is 1. The molecule has 3 rings (SSSR count). The third kappa shape index (κ3) is 7.11. The van der Waals surface area contributed by atoms with E-state index in [1.165, 1.54) is 32.4 Å². The van der Waals surface area contributed by atoms with Gasteiger partial charge in [0.25, 0.3) is 5.56 Å². The zero-order chi connectivity index (χ0) is 29.4. The predicted octanol–water partition coefficient (Wildman–Crippen LogP) is 6.84. The fraction of sp³-hybridized carbons (Fsp3) is 0.464. The highest BCUT2D eigenvalue weighted by Gasteiger charge is 2.24. The number of benzene rings is 2. The van der Waals surface area contributed by atoms with Gasteiger partial charge in [0.15, 0.2) is 11.6 Å². The van der Waals surface area contributed by atoms with Gasteiger partial charge >= 0.3 is 10.2 Å². The molecule has 0 amide bonds. The maximum atomic E-state index is 14.8. The smallest absolute Gasteiger partial charge is 0.301 e. The first-order valence-corrected chi connectivity index (χ1v) is 15.3. The Kier molecular flexibility index (Phi) is 10.9. The minimum atomic E-state index is -3.99. The Hall–Kier alpha value is -3.20. The van der Waals surface area contributed by atoms with Crippen LogP contribution < -0.4 is 15.0 Å². The van der Waals surface area contributed by atoms with Gasteiger partial charge in [-0.2, -0.15) is 18.0 Å². The Labute approximate surface area is 239 Å². The number of aromatic amines is 1. The fourth-order valence-electron chi connectivity index (χ4n) is 4.34. The van der Waals surface area contributed by atoms with E-state index in [1.807, 2.05) is 0 Å². The minimum absolute atomic E-state index is 0.0704. The number of rotatable bonds is 14. The molecule has 0 fully saturated rings. The van der Waals surface area contributed by atoms with Crippen LogP contribution in [0.5, 0.6) is 11.5 Å². The van der Waals surface area contributed by atoms with E-state index < -0.39 is 27.3 Å². The van der Waals surface area contributed by atoms with Crippen LogP contribution in [0.15, 0.2) is 29.1 Å². The van der Waals surface area contributed by atoms with Crippen LogP contribution in [0.3, 0.4) is 0 Å². The van der Waals surface area contributed by atoms with Crippen molar-refractivity contribution in [2.45, 2.75) is 71.6 Å². The van der Waals surface area contributed by atoms with Crippen LogP contribution in [0.4, 0.5) is 10.1 Å². The van der Waals surface area contributed by atoms with Gasteiger partial charge in [-0.3, -0.25) is 9.52 Å². The van der Waals surface area contributed by atoms with Gasteiger partial charge in [-0.05, 0) is 37.1 Å². The van der Waals surface area contributed by atoms with Crippen LogP contribution >= 0.6 is 11.6 Å². The van der Waals surface area contributed by atoms with E-state index in [0.29, 0.717) is 11.3 Å². The van der Waals surface area contributed by atoms with Gasteiger partial charge < -0.3 is 9.72 Å². The molecule has 0 saturated heterocycles. The molecule has 40 heavy (non-hydrogen) atoms. The molecule has 1 unspecified atom stereocenters. The largest absolute Gasteiger partial charge is 0.451 e. The second-order valence-electron chi connectivity index (χ2n) is 9.57. The lowest BCUT2D eigenvalue weighted by Gasteiger charge is -2.18. The number of hydrogen-bond donors (Lipinski definition) is 2. The molecule has 0 aliphatic rings. The number of nitriles is 1. The summed E-state index contributed by atoms with van der Waals surface area (Å²) in [6.45, 7) is 6.05. The number of nitrogens with one attached hydrogen (secondary N) is 2. The zero-order valence-corrected chi connectivity index (χ0v) is 24.8. The van der Waals surface area contributed by atoms with Gasteiger partial charge in [0.1, 0.15) is 23.2 Å². The summed E-state index contributed by atoms with van der Waals surface area (Å²) in [5.41, 5.74) is -0.632. The van der Waals surface area contributed by atoms with Crippen molar-refractivity contribution in [3.63, 3.8) is 0 Å². The average Bonchev–Trinajstić information content (AvgIpc) is 2.93. The van der Waals surface area contributed by atoms with Gasteiger partial charge in [0, 0.05) is 19.5 Å². The first-order chi connectivity index (χ1) is 19.1. The molecular weight excluding hydrogens is 557 g/mol. The van der Waals surface area contributed by atoms with Gasteiger partial charge in [-0.15, -0.1) is 0 Å². The third-order valence-electron chi connectivity index (χ3n) is 6.86. The lowest BCUT2D eigenvalue weighted by atomic mass is 9.97. The molecule has 1 atom stereocenters. The van der Waals surface area contributed by atoms with Gasteiger partial charge in [-0.25, -0.2) is 9.37 Å². The first-order valence-electron chi connectivity index (χ1n) is 13.4. The lowest BCUT2D eigenvalue weighted by molar-refractivity contribution is 0.441. The quantitative estimate of drug-likeness (QED) is 0.197. The van der Waals surface area contributed by atoms with Gasteiger partial charge in [-0.1, -0.05) is 64.5 Å². The average molecular weight is 592 g/mol. The molecule has 9 nitrogen and oxygen atoms in total. The summed E-state index contributed by atoms with van der Waals surface area (Å²) in [6.07, 6.45) is 7.48. The Morgan fingerprint density at radius 1 is 1.18 bits per heavy atom. The highest BCUT2D eigenvalue weighted by atomic mass is 35.5. The van der Waals surface area contributed by atoms with Crippen LogP contribution in [0.2, 0.25) is 5.02 Å². The molecule has 12 heteroatoms. The van der Waals surface area contributed by atoms with E-state index in [2.05, 4.69) is 28.5 Å². The van der Waals surface area contributed by atoms with Crippen molar-refractivity contribution in [2.24, 2.45) is 0 Å². The maximum Gasteiger partial charge on any atom is 0.301 e. The molecule has 0 aliphatic heterocycles. The number of hydrogen-bond acceptors (Lipinski definition) is 6. The Balaban J connectivity index is 1.96. The van der Waals surface area contributed by atoms with Crippen molar-refractivity contribution >= 4 is 38.4 Å². The molecule has 0 radical (unpaired) electrons. The van der Waals surface area contributed by atoms with E-state index in [-0.39, 0.29) is 39.9 Å². The van der Waals surface area contributed by atoms with Crippen molar-refractivity contribution in [1.29, 1.82) is 5.26 Å². The van der Waals surface area contributed by atoms with E-state index in [4.69, 9.17) is 16.3 Å². The standard InChI is InChI=1S/C28H35ClFN5O4S/c1-5-8-9-10-11-12-18(6-2)27-32-22-15-16-23(25(29)24(22)28(36)33-27)39-26-19(17-31)21(14-13-20(26)30)34-40(37,38)35(4)7-3/h13-16,18,34H,5-12H2,1-4H3,(H,32,33,36). The van der Waals surface area contributed by atoms with Crippen molar-refractivity contribution in [1.82, 2.24) is 14.3 Å².